The number of rotatable bonds is 7. The van der Waals surface area contributed by atoms with Crippen LogP contribution in [0.2, 0.25) is 0 Å². The van der Waals surface area contributed by atoms with Crippen molar-refractivity contribution in [2.75, 3.05) is 19.0 Å². The van der Waals surface area contributed by atoms with Crippen molar-refractivity contribution in [2.24, 2.45) is 0 Å². The number of anilines is 1. The highest BCUT2D eigenvalue weighted by molar-refractivity contribution is 5.43. The van der Waals surface area contributed by atoms with Gasteiger partial charge in [-0.3, -0.25) is 0 Å². The fourth-order valence-corrected chi connectivity index (χ4v) is 1.81. The lowest BCUT2D eigenvalue weighted by Crippen LogP contribution is -2.07. The van der Waals surface area contributed by atoms with Crippen molar-refractivity contribution < 1.29 is 9.47 Å². The molecular weight excluding hydrogens is 252 g/mol. The number of aromatic nitrogens is 1. The van der Waals surface area contributed by atoms with Crippen LogP contribution in [0.5, 0.6) is 11.5 Å². The molecule has 0 aliphatic carbocycles. The maximum Gasteiger partial charge on any atom is 0.132 e. The van der Waals surface area contributed by atoms with Gasteiger partial charge in [-0.25, -0.2) is 4.98 Å². The van der Waals surface area contributed by atoms with Crippen molar-refractivity contribution >= 4 is 5.82 Å². The minimum Gasteiger partial charge on any atom is -0.497 e. The Balaban J connectivity index is 2.02. The van der Waals surface area contributed by atoms with E-state index in [4.69, 9.17) is 9.47 Å². The lowest BCUT2D eigenvalue weighted by Gasteiger charge is -2.12. The molecule has 1 aromatic carbocycles. The number of nitrogens with one attached hydrogen (secondary N) is 1. The van der Waals surface area contributed by atoms with Gasteiger partial charge in [-0.2, -0.15) is 0 Å². The zero-order valence-electron chi connectivity index (χ0n) is 11.9. The van der Waals surface area contributed by atoms with E-state index < -0.39 is 0 Å². The predicted molar refractivity (Wildman–Crippen MR) is 80.3 cm³/mol. The van der Waals surface area contributed by atoms with E-state index in [9.17, 15) is 0 Å². The third-order valence-electron chi connectivity index (χ3n) is 2.87. The van der Waals surface area contributed by atoms with Gasteiger partial charge in [-0.05, 0) is 24.6 Å². The van der Waals surface area contributed by atoms with Crippen LogP contribution in [0.3, 0.4) is 0 Å². The van der Waals surface area contributed by atoms with Crippen LogP contribution >= 0.6 is 0 Å². The predicted octanol–water partition coefficient (Wildman–Crippen LogP) is 3.49. The summed E-state index contributed by atoms with van der Waals surface area (Å²) < 4.78 is 11.0. The van der Waals surface area contributed by atoms with Crippen LogP contribution in [0.15, 0.2) is 42.6 Å². The van der Waals surface area contributed by atoms with Crippen LogP contribution in [0.25, 0.3) is 0 Å². The molecule has 1 aromatic heterocycles. The molecular formula is C16H20N2O2. The van der Waals surface area contributed by atoms with Crippen LogP contribution in [-0.2, 0) is 6.61 Å². The summed E-state index contributed by atoms with van der Waals surface area (Å²) in [6, 6.07) is 11.5. The Hall–Kier alpha value is -2.23. The second kappa shape index (κ2) is 7.38. The van der Waals surface area contributed by atoms with Gasteiger partial charge in [0.1, 0.15) is 23.9 Å². The fourth-order valence-electron chi connectivity index (χ4n) is 1.81. The summed E-state index contributed by atoms with van der Waals surface area (Å²) in [6.45, 7) is 3.51. The molecule has 0 aliphatic heterocycles. The Bertz CT molecular complexity index is 544. The zero-order chi connectivity index (χ0) is 14.2. The molecule has 0 amide bonds. The van der Waals surface area contributed by atoms with Gasteiger partial charge in [0.25, 0.3) is 0 Å². The van der Waals surface area contributed by atoms with Gasteiger partial charge in [0.2, 0.25) is 0 Å². The Morgan fingerprint density at radius 2 is 2.00 bits per heavy atom. The number of methoxy groups -OCH3 is 1. The average molecular weight is 272 g/mol. The number of benzene rings is 1. The third kappa shape index (κ3) is 3.88. The monoisotopic (exact) mass is 272 g/mol. The molecule has 106 valence electrons. The molecule has 2 aromatic rings. The molecule has 20 heavy (non-hydrogen) atoms. The third-order valence-corrected chi connectivity index (χ3v) is 2.87. The molecule has 0 fully saturated rings. The van der Waals surface area contributed by atoms with Crippen molar-refractivity contribution in [1.82, 2.24) is 4.98 Å². The SMILES string of the molecule is CCCNc1ncccc1COc1cccc(OC)c1. The number of hydrogen-bond acceptors (Lipinski definition) is 4. The lowest BCUT2D eigenvalue weighted by atomic mass is 10.2. The summed E-state index contributed by atoms with van der Waals surface area (Å²) in [4.78, 5) is 4.35. The molecule has 1 N–H and O–H groups in total. The van der Waals surface area contributed by atoms with E-state index in [2.05, 4.69) is 17.2 Å². The number of hydrogen-bond donors (Lipinski definition) is 1. The highest BCUT2D eigenvalue weighted by atomic mass is 16.5. The van der Waals surface area contributed by atoms with E-state index in [-0.39, 0.29) is 0 Å². The van der Waals surface area contributed by atoms with E-state index in [0.29, 0.717) is 6.61 Å². The summed E-state index contributed by atoms with van der Waals surface area (Å²) in [5.41, 5.74) is 1.05. The maximum absolute atomic E-state index is 5.80. The van der Waals surface area contributed by atoms with Crippen LogP contribution < -0.4 is 14.8 Å². The first-order valence-corrected chi connectivity index (χ1v) is 6.78. The van der Waals surface area contributed by atoms with Crippen LogP contribution in [0.1, 0.15) is 18.9 Å². The molecule has 1 heterocycles. The highest BCUT2D eigenvalue weighted by Gasteiger charge is 2.04. The Labute approximate surface area is 119 Å². The molecule has 0 saturated carbocycles. The van der Waals surface area contributed by atoms with Gasteiger partial charge in [-0.15, -0.1) is 0 Å². The average Bonchev–Trinajstić information content (AvgIpc) is 2.52. The topological polar surface area (TPSA) is 43.4 Å². The van der Waals surface area contributed by atoms with E-state index in [0.717, 1.165) is 35.8 Å². The number of nitrogens with zero attached hydrogens (tertiary/aromatic N) is 1. The van der Waals surface area contributed by atoms with Crippen molar-refractivity contribution in [3.05, 3.63) is 48.2 Å². The Morgan fingerprint density at radius 3 is 2.80 bits per heavy atom. The van der Waals surface area contributed by atoms with E-state index in [1.165, 1.54) is 0 Å². The minimum absolute atomic E-state index is 0.479. The molecule has 0 spiro atoms. The number of ether oxygens (including phenoxy) is 2. The molecule has 0 bridgehead atoms. The van der Waals surface area contributed by atoms with Gasteiger partial charge < -0.3 is 14.8 Å². The Morgan fingerprint density at radius 1 is 1.15 bits per heavy atom. The summed E-state index contributed by atoms with van der Waals surface area (Å²) in [5, 5.41) is 3.31. The summed E-state index contributed by atoms with van der Waals surface area (Å²) in [7, 11) is 1.65. The standard InChI is InChI=1S/C16H20N2O2/c1-3-9-17-16-13(6-5-10-18-16)12-20-15-8-4-7-14(11-15)19-2/h4-8,10-11H,3,9,12H2,1-2H3,(H,17,18). The molecule has 0 saturated heterocycles. The molecule has 0 unspecified atom stereocenters. The minimum atomic E-state index is 0.479. The van der Waals surface area contributed by atoms with Gasteiger partial charge >= 0.3 is 0 Å². The zero-order valence-corrected chi connectivity index (χ0v) is 11.9. The number of pyridine rings is 1. The smallest absolute Gasteiger partial charge is 0.132 e. The maximum atomic E-state index is 5.80. The highest BCUT2D eigenvalue weighted by Crippen LogP contribution is 2.21. The summed E-state index contributed by atoms with van der Waals surface area (Å²) in [6.07, 6.45) is 2.85. The van der Waals surface area contributed by atoms with Gasteiger partial charge in [0.15, 0.2) is 0 Å². The second-order valence-corrected chi connectivity index (χ2v) is 4.41. The molecule has 4 nitrogen and oxygen atoms in total. The van der Waals surface area contributed by atoms with E-state index in [1.54, 1.807) is 13.3 Å². The van der Waals surface area contributed by atoms with Gasteiger partial charge in [0, 0.05) is 24.4 Å². The first-order valence-electron chi connectivity index (χ1n) is 6.78. The van der Waals surface area contributed by atoms with Crippen molar-refractivity contribution in [2.45, 2.75) is 20.0 Å². The lowest BCUT2D eigenvalue weighted by molar-refractivity contribution is 0.304. The summed E-state index contributed by atoms with van der Waals surface area (Å²) >= 11 is 0. The van der Waals surface area contributed by atoms with Gasteiger partial charge in [-0.1, -0.05) is 19.1 Å². The largest absolute Gasteiger partial charge is 0.497 e. The van der Waals surface area contributed by atoms with Crippen LogP contribution in [0.4, 0.5) is 5.82 Å². The van der Waals surface area contributed by atoms with E-state index in [1.807, 2.05) is 36.4 Å². The quantitative estimate of drug-likeness (QED) is 0.838. The first-order chi connectivity index (χ1) is 9.83. The second-order valence-electron chi connectivity index (χ2n) is 4.41. The van der Waals surface area contributed by atoms with Gasteiger partial charge in [0.05, 0.1) is 7.11 Å². The van der Waals surface area contributed by atoms with Crippen LogP contribution in [0, 0.1) is 0 Å². The normalized spacial score (nSPS) is 10.1. The molecule has 2 rings (SSSR count). The van der Waals surface area contributed by atoms with E-state index >= 15 is 0 Å². The Kier molecular flexibility index (Phi) is 5.24. The molecule has 4 heteroatoms. The molecule has 0 radical (unpaired) electrons. The molecule has 0 aliphatic rings. The van der Waals surface area contributed by atoms with Crippen LogP contribution in [-0.4, -0.2) is 18.6 Å². The van der Waals surface area contributed by atoms with Crippen molar-refractivity contribution in [3.63, 3.8) is 0 Å². The fraction of sp³-hybridized carbons (Fsp3) is 0.312. The van der Waals surface area contributed by atoms with Crippen molar-refractivity contribution in [1.29, 1.82) is 0 Å². The summed E-state index contributed by atoms with van der Waals surface area (Å²) in [5.74, 6) is 2.46. The molecule has 0 atom stereocenters. The van der Waals surface area contributed by atoms with Crippen molar-refractivity contribution in [3.8, 4) is 11.5 Å². The first kappa shape index (κ1) is 14.2.